The molecule has 1 saturated heterocycles. The molecular formula is C17H22N4O4. The Bertz CT molecular complexity index is 684. The molecule has 8 heteroatoms. The fourth-order valence-corrected chi connectivity index (χ4v) is 2.58. The van der Waals surface area contributed by atoms with Gasteiger partial charge < -0.3 is 24.8 Å². The van der Waals surface area contributed by atoms with E-state index in [1.54, 1.807) is 13.3 Å². The second-order valence-electron chi connectivity index (χ2n) is 5.73. The number of rotatable bonds is 7. The van der Waals surface area contributed by atoms with Crippen LogP contribution in [0.5, 0.6) is 11.5 Å². The number of hydrogen-bond donors (Lipinski definition) is 3. The largest absolute Gasteiger partial charge is 0.493 e. The molecule has 0 bridgehead atoms. The van der Waals surface area contributed by atoms with E-state index in [1.165, 1.54) is 6.20 Å². The van der Waals surface area contributed by atoms with Gasteiger partial charge in [-0.1, -0.05) is 6.07 Å². The Morgan fingerprint density at radius 2 is 2.36 bits per heavy atom. The van der Waals surface area contributed by atoms with Crippen molar-refractivity contribution in [3.05, 3.63) is 36.2 Å². The Morgan fingerprint density at radius 1 is 1.44 bits per heavy atom. The molecule has 1 aromatic carbocycles. The van der Waals surface area contributed by atoms with Crippen LogP contribution in [0.2, 0.25) is 0 Å². The lowest BCUT2D eigenvalue weighted by molar-refractivity contribution is 0.0669. The second-order valence-corrected chi connectivity index (χ2v) is 5.73. The molecule has 1 unspecified atom stereocenters. The SMILES string of the molecule is COc1cc(CNC(=O)Nc2cn[nH]c2)ccc1OCC1CCCO1. The van der Waals surface area contributed by atoms with Gasteiger partial charge in [0.05, 0.1) is 25.1 Å². The first-order chi connectivity index (χ1) is 12.2. The van der Waals surface area contributed by atoms with Crippen LogP contribution in [0.1, 0.15) is 18.4 Å². The first kappa shape index (κ1) is 17.1. The Balaban J connectivity index is 1.52. The third kappa shape index (κ3) is 4.87. The van der Waals surface area contributed by atoms with Gasteiger partial charge in [0.1, 0.15) is 6.61 Å². The molecule has 1 fully saturated rings. The van der Waals surface area contributed by atoms with E-state index < -0.39 is 0 Å². The van der Waals surface area contributed by atoms with Gasteiger partial charge in [-0.25, -0.2) is 4.79 Å². The van der Waals surface area contributed by atoms with E-state index in [2.05, 4.69) is 20.8 Å². The molecule has 1 aromatic heterocycles. The van der Waals surface area contributed by atoms with Gasteiger partial charge in [0.2, 0.25) is 0 Å². The zero-order chi connectivity index (χ0) is 17.5. The van der Waals surface area contributed by atoms with Crippen LogP contribution < -0.4 is 20.1 Å². The number of methoxy groups -OCH3 is 1. The summed E-state index contributed by atoms with van der Waals surface area (Å²) in [5.74, 6) is 1.30. The number of amides is 2. The van der Waals surface area contributed by atoms with Crippen molar-refractivity contribution < 1.29 is 19.0 Å². The van der Waals surface area contributed by atoms with Gasteiger partial charge >= 0.3 is 6.03 Å². The standard InChI is InChI=1S/C17H22N4O4/c1-23-16-7-12(8-18-17(22)21-13-9-19-20-10-13)4-5-15(16)25-11-14-3-2-6-24-14/h4-5,7,9-10,14H,2-3,6,8,11H2,1H3,(H,19,20)(H2,18,21,22). The predicted molar refractivity (Wildman–Crippen MR) is 91.9 cm³/mol. The molecule has 1 atom stereocenters. The molecule has 2 amide bonds. The van der Waals surface area contributed by atoms with E-state index in [0.29, 0.717) is 30.3 Å². The highest BCUT2D eigenvalue weighted by molar-refractivity contribution is 5.88. The molecule has 134 valence electrons. The summed E-state index contributed by atoms with van der Waals surface area (Å²) in [5, 5.41) is 11.8. The molecule has 8 nitrogen and oxygen atoms in total. The van der Waals surface area contributed by atoms with Crippen molar-refractivity contribution in [2.75, 3.05) is 25.6 Å². The average molecular weight is 346 g/mol. The quantitative estimate of drug-likeness (QED) is 0.715. The maximum absolute atomic E-state index is 11.8. The number of hydrogen-bond acceptors (Lipinski definition) is 5. The summed E-state index contributed by atoms with van der Waals surface area (Å²) in [6, 6.07) is 5.28. The number of carbonyl (C=O) groups excluding carboxylic acids is 1. The zero-order valence-corrected chi connectivity index (χ0v) is 14.1. The van der Waals surface area contributed by atoms with Gasteiger partial charge in [0.15, 0.2) is 11.5 Å². The monoisotopic (exact) mass is 346 g/mol. The zero-order valence-electron chi connectivity index (χ0n) is 14.1. The van der Waals surface area contributed by atoms with Crippen molar-refractivity contribution in [3.8, 4) is 11.5 Å². The van der Waals surface area contributed by atoms with E-state index in [9.17, 15) is 4.79 Å². The highest BCUT2D eigenvalue weighted by atomic mass is 16.5. The van der Waals surface area contributed by atoms with Crippen LogP contribution in [-0.2, 0) is 11.3 Å². The molecule has 0 radical (unpaired) electrons. The van der Waals surface area contributed by atoms with Gasteiger partial charge in [0, 0.05) is 19.3 Å². The molecule has 0 saturated carbocycles. The second kappa shape index (κ2) is 8.39. The van der Waals surface area contributed by atoms with E-state index in [1.807, 2.05) is 18.2 Å². The smallest absolute Gasteiger partial charge is 0.319 e. The molecule has 0 aliphatic carbocycles. The molecule has 1 aliphatic rings. The van der Waals surface area contributed by atoms with E-state index >= 15 is 0 Å². The van der Waals surface area contributed by atoms with Crippen LogP contribution in [0.3, 0.4) is 0 Å². The maximum Gasteiger partial charge on any atom is 0.319 e. The molecule has 3 N–H and O–H groups in total. The lowest BCUT2D eigenvalue weighted by atomic mass is 10.2. The Morgan fingerprint density at radius 3 is 3.08 bits per heavy atom. The number of nitrogens with zero attached hydrogens (tertiary/aromatic N) is 1. The molecule has 25 heavy (non-hydrogen) atoms. The summed E-state index contributed by atoms with van der Waals surface area (Å²) in [4.78, 5) is 11.8. The number of ether oxygens (including phenoxy) is 3. The number of H-pyrrole nitrogens is 1. The minimum atomic E-state index is -0.306. The summed E-state index contributed by atoms with van der Waals surface area (Å²) in [7, 11) is 1.59. The number of carbonyl (C=O) groups is 1. The van der Waals surface area contributed by atoms with Crippen molar-refractivity contribution >= 4 is 11.7 Å². The molecule has 0 spiro atoms. The van der Waals surface area contributed by atoms with Gasteiger partial charge in [-0.15, -0.1) is 0 Å². The van der Waals surface area contributed by atoms with Gasteiger partial charge in [0.25, 0.3) is 0 Å². The van der Waals surface area contributed by atoms with Crippen molar-refractivity contribution in [2.45, 2.75) is 25.5 Å². The average Bonchev–Trinajstić information content (AvgIpc) is 3.32. The fraction of sp³-hybridized carbons (Fsp3) is 0.412. The van der Waals surface area contributed by atoms with E-state index in [4.69, 9.17) is 14.2 Å². The Hall–Kier alpha value is -2.74. The molecule has 2 heterocycles. The first-order valence-corrected chi connectivity index (χ1v) is 8.19. The van der Waals surface area contributed by atoms with Gasteiger partial charge in [-0.3, -0.25) is 5.10 Å². The number of anilines is 1. The number of aromatic nitrogens is 2. The van der Waals surface area contributed by atoms with Crippen molar-refractivity contribution in [1.82, 2.24) is 15.5 Å². The number of nitrogens with one attached hydrogen (secondary N) is 3. The third-order valence-corrected chi connectivity index (χ3v) is 3.89. The van der Waals surface area contributed by atoms with E-state index in [-0.39, 0.29) is 12.1 Å². The van der Waals surface area contributed by atoms with Crippen LogP contribution in [-0.4, -0.2) is 42.7 Å². The predicted octanol–water partition coefficient (Wildman–Crippen LogP) is 2.30. The van der Waals surface area contributed by atoms with Crippen LogP contribution in [0.15, 0.2) is 30.6 Å². The number of benzene rings is 1. The van der Waals surface area contributed by atoms with Crippen LogP contribution in [0, 0.1) is 0 Å². The molecule has 1 aliphatic heterocycles. The van der Waals surface area contributed by atoms with Gasteiger partial charge in [-0.2, -0.15) is 5.10 Å². The lowest BCUT2D eigenvalue weighted by Crippen LogP contribution is -2.28. The number of aromatic amines is 1. The third-order valence-electron chi connectivity index (χ3n) is 3.89. The van der Waals surface area contributed by atoms with E-state index in [0.717, 1.165) is 25.0 Å². The first-order valence-electron chi connectivity index (χ1n) is 8.19. The van der Waals surface area contributed by atoms with Crippen molar-refractivity contribution in [1.29, 1.82) is 0 Å². The highest BCUT2D eigenvalue weighted by Gasteiger charge is 2.17. The number of urea groups is 1. The molecule has 2 aromatic rings. The van der Waals surface area contributed by atoms with Gasteiger partial charge in [-0.05, 0) is 30.5 Å². The normalized spacial score (nSPS) is 16.4. The Labute approximate surface area is 145 Å². The van der Waals surface area contributed by atoms with Crippen molar-refractivity contribution in [2.24, 2.45) is 0 Å². The van der Waals surface area contributed by atoms with Crippen LogP contribution >= 0.6 is 0 Å². The summed E-state index contributed by atoms with van der Waals surface area (Å²) in [6.07, 6.45) is 5.39. The fourth-order valence-electron chi connectivity index (χ4n) is 2.58. The molecule has 3 rings (SSSR count). The molecular weight excluding hydrogens is 324 g/mol. The highest BCUT2D eigenvalue weighted by Crippen LogP contribution is 2.29. The minimum absolute atomic E-state index is 0.151. The topological polar surface area (TPSA) is 97.5 Å². The lowest BCUT2D eigenvalue weighted by Gasteiger charge is -2.15. The van der Waals surface area contributed by atoms with Crippen LogP contribution in [0.25, 0.3) is 0 Å². The summed E-state index contributed by atoms with van der Waals surface area (Å²) < 4.78 is 16.7. The summed E-state index contributed by atoms with van der Waals surface area (Å²) in [6.45, 7) is 1.68. The summed E-state index contributed by atoms with van der Waals surface area (Å²) in [5.41, 5.74) is 1.51. The van der Waals surface area contributed by atoms with Crippen molar-refractivity contribution in [3.63, 3.8) is 0 Å². The Kier molecular flexibility index (Phi) is 5.73. The van der Waals surface area contributed by atoms with Crippen LogP contribution in [0.4, 0.5) is 10.5 Å². The maximum atomic E-state index is 11.8. The summed E-state index contributed by atoms with van der Waals surface area (Å²) >= 11 is 0. The minimum Gasteiger partial charge on any atom is -0.493 e.